The van der Waals surface area contributed by atoms with E-state index in [1.54, 1.807) is 0 Å². The summed E-state index contributed by atoms with van der Waals surface area (Å²) < 4.78 is 26.7. The van der Waals surface area contributed by atoms with Crippen molar-refractivity contribution in [1.29, 1.82) is 0 Å². The fourth-order valence-corrected chi connectivity index (χ4v) is 3.58. The minimum Gasteiger partial charge on any atom is -0.361 e. The lowest BCUT2D eigenvalue weighted by Crippen LogP contribution is -2.47. The Kier molecular flexibility index (Phi) is 9.57. The van der Waals surface area contributed by atoms with Crippen molar-refractivity contribution in [3.8, 4) is 0 Å². The summed E-state index contributed by atoms with van der Waals surface area (Å²) in [6.07, 6.45) is 4.56. The van der Waals surface area contributed by atoms with Crippen LogP contribution < -0.4 is 20.9 Å². The molecule has 0 aliphatic rings. The fourth-order valence-electron chi connectivity index (χ4n) is 1.90. The third-order valence-corrected chi connectivity index (χ3v) is 5.41. The molecule has 0 aliphatic carbocycles. The van der Waals surface area contributed by atoms with E-state index in [0.717, 1.165) is 19.3 Å². The zero-order chi connectivity index (χ0) is 19.6. The second-order valence-electron chi connectivity index (χ2n) is 5.33. The van der Waals surface area contributed by atoms with Gasteiger partial charge in [0.2, 0.25) is 10.0 Å². The molecular weight excluding hydrogens is 396 g/mol. The van der Waals surface area contributed by atoms with Crippen LogP contribution in [0.15, 0.2) is 35.7 Å². The first-order valence-corrected chi connectivity index (χ1v) is 10.3. The van der Waals surface area contributed by atoms with Crippen LogP contribution in [0.25, 0.3) is 0 Å². The first-order chi connectivity index (χ1) is 12.3. The second kappa shape index (κ2) is 11.1. The van der Waals surface area contributed by atoms with Gasteiger partial charge in [0, 0.05) is 18.7 Å². The summed E-state index contributed by atoms with van der Waals surface area (Å²) >= 11 is 11.0. The van der Waals surface area contributed by atoms with Crippen LogP contribution in [0.3, 0.4) is 0 Å². The molecule has 144 valence electrons. The molecule has 0 spiro atoms. The standard InChI is InChI=1S/C16H23ClN4O3S2/c1-3-5-6-10-18-16(25)21-20-15(22)12-7-8-13(17)14(11-12)26(23,24)19-9-4-2/h4,7-8,11,19H,2-3,5-6,9-10H2,1H3,(H,20,22)(H2,18,21,25). The zero-order valence-corrected chi connectivity index (χ0v) is 16.9. The summed E-state index contributed by atoms with van der Waals surface area (Å²) in [6.45, 7) is 6.30. The molecule has 0 heterocycles. The molecule has 0 fully saturated rings. The number of hydrazine groups is 1. The van der Waals surface area contributed by atoms with E-state index < -0.39 is 15.9 Å². The van der Waals surface area contributed by atoms with E-state index in [1.165, 1.54) is 24.3 Å². The number of hydrogen-bond acceptors (Lipinski definition) is 4. The van der Waals surface area contributed by atoms with Crippen molar-refractivity contribution in [2.24, 2.45) is 0 Å². The normalized spacial score (nSPS) is 10.8. The first-order valence-electron chi connectivity index (χ1n) is 8.06. The highest BCUT2D eigenvalue weighted by Crippen LogP contribution is 2.22. The highest BCUT2D eigenvalue weighted by Gasteiger charge is 2.19. The number of nitrogens with one attached hydrogen (secondary N) is 4. The highest BCUT2D eigenvalue weighted by atomic mass is 35.5. The summed E-state index contributed by atoms with van der Waals surface area (Å²) in [5, 5.41) is 3.26. The van der Waals surface area contributed by atoms with E-state index in [9.17, 15) is 13.2 Å². The third kappa shape index (κ3) is 7.28. The van der Waals surface area contributed by atoms with Crippen molar-refractivity contribution < 1.29 is 13.2 Å². The van der Waals surface area contributed by atoms with Gasteiger partial charge in [0.25, 0.3) is 5.91 Å². The summed E-state index contributed by atoms with van der Waals surface area (Å²) in [4.78, 5) is 12.0. The smallest absolute Gasteiger partial charge is 0.269 e. The molecule has 1 rings (SSSR count). The van der Waals surface area contributed by atoms with Crippen molar-refractivity contribution in [3.05, 3.63) is 41.4 Å². The molecule has 10 heteroatoms. The van der Waals surface area contributed by atoms with E-state index in [2.05, 4.69) is 34.4 Å². The molecule has 7 nitrogen and oxygen atoms in total. The third-order valence-electron chi connectivity index (χ3n) is 3.26. The summed E-state index contributed by atoms with van der Waals surface area (Å²) in [5.41, 5.74) is 5.11. The van der Waals surface area contributed by atoms with E-state index in [0.29, 0.717) is 6.54 Å². The fraction of sp³-hybridized carbons (Fsp3) is 0.375. The Morgan fingerprint density at radius 1 is 1.31 bits per heavy atom. The molecule has 1 aromatic rings. The number of carbonyl (C=O) groups is 1. The minimum atomic E-state index is -3.85. The van der Waals surface area contributed by atoms with Gasteiger partial charge in [0.1, 0.15) is 4.90 Å². The number of benzene rings is 1. The van der Waals surface area contributed by atoms with E-state index in [-0.39, 0.29) is 27.1 Å². The Hall–Kier alpha value is -1.68. The van der Waals surface area contributed by atoms with E-state index in [1.807, 2.05) is 0 Å². The van der Waals surface area contributed by atoms with Crippen LogP contribution >= 0.6 is 23.8 Å². The quantitative estimate of drug-likeness (QED) is 0.212. The molecule has 0 saturated heterocycles. The average Bonchev–Trinajstić information content (AvgIpc) is 2.61. The van der Waals surface area contributed by atoms with Crippen LogP contribution in [0.2, 0.25) is 5.02 Å². The summed E-state index contributed by atoms with van der Waals surface area (Å²) in [5.74, 6) is -0.542. The monoisotopic (exact) mass is 418 g/mol. The molecule has 0 atom stereocenters. The minimum absolute atomic E-state index is 0.0131. The van der Waals surface area contributed by atoms with Gasteiger partial charge in [-0.3, -0.25) is 15.6 Å². The number of sulfonamides is 1. The van der Waals surface area contributed by atoms with Gasteiger partial charge < -0.3 is 5.32 Å². The molecule has 0 aromatic heterocycles. The number of carbonyl (C=O) groups excluding carboxylic acids is 1. The maximum absolute atomic E-state index is 12.2. The molecule has 4 N–H and O–H groups in total. The summed E-state index contributed by atoms with van der Waals surface area (Å²) in [7, 11) is -3.85. The SMILES string of the molecule is C=CCNS(=O)(=O)c1cc(C(=O)NNC(=S)NCCCCC)ccc1Cl. The van der Waals surface area contributed by atoms with Crippen LogP contribution in [0.5, 0.6) is 0 Å². The van der Waals surface area contributed by atoms with E-state index in [4.69, 9.17) is 23.8 Å². The van der Waals surface area contributed by atoms with Crippen LogP contribution in [0.1, 0.15) is 36.5 Å². The molecule has 26 heavy (non-hydrogen) atoms. The van der Waals surface area contributed by atoms with Crippen molar-refractivity contribution >= 4 is 44.9 Å². The predicted molar refractivity (Wildman–Crippen MR) is 108 cm³/mol. The van der Waals surface area contributed by atoms with Crippen LogP contribution in [-0.4, -0.2) is 32.5 Å². The van der Waals surface area contributed by atoms with Gasteiger partial charge in [0.15, 0.2) is 5.11 Å². The Balaban J connectivity index is 2.71. The lowest BCUT2D eigenvalue weighted by Gasteiger charge is -2.12. The molecule has 0 unspecified atom stereocenters. The molecule has 1 amide bonds. The van der Waals surface area contributed by atoms with E-state index >= 15 is 0 Å². The Morgan fingerprint density at radius 3 is 2.69 bits per heavy atom. The van der Waals surface area contributed by atoms with Gasteiger partial charge in [-0.05, 0) is 36.8 Å². The number of rotatable bonds is 9. The molecule has 0 saturated carbocycles. The summed E-state index contributed by atoms with van der Waals surface area (Å²) in [6, 6.07) is 3.96. The number of amides is 1. The maximum Gasteiger partial charge on any atom is 0.269 e. The Bertz CT molecular complexity index is 754. The average molecular weight is 419 g/mol. The molecule has 0 bridgehead atoms. The number of halogens is 1. The largest absolute Gasteiger partial charge is 0.361 e. The van der Waals surface area contributed by atoms with Gasteiger partial charge in [-0.25, -0.2) is 13.1 Å². The molecule has 0 radical (unpaired) electrons. The van der Waals surface area contributed by atoms with Crippen molar-refractivity contribution in [3.63, 3.8) is 0 Å². The van der Waals surface area contributed by atoms with Crippen LogP contribution in [0.4, 0.5) is 0 Å². The Labute approximate surface area is 164 Å². The molecule has 0 aliphatic heterocycles. The maximum atomic E-state index is 12.2. The zero-order valence-electron chi connectivity index (χ0n) is 14.5. The molecule has 1 aromatic carbocycles. The number of hydrogen-bond donors (Lipinski definition) is 4. The second-order valence-corrected chi connectivity index (χ2v) is 7.88. The van der Waals surface area contributed by atoms with Crippen LogP contribution in [0, 0.1) is 0 Å². The number of thiocarbonyl (C=S) groups is 1. The highest BCUT2D eigenvalue weighted by molar-refractivity contribution is 7.89. The first kappa shape index (κ1) is 22.4. The van der Waals surface area contributed by atoms with Gasteiger partial charge in [-0.1, -0.05) is 37.4 Å². The number of unbranched alkanes of at least 4 members (excludes halogenated alkanes) is 2. The van der Waals surface area contributed by atoms with Gasteiger partial charge in [-0.2, -0.15) is 0 Å². The van der Waals surface area contributed by atoms with Crippen molar-refractivity contribution in [1.82, 2.24) is 20.9 Å². The van der Waals surface area contributed by atoms with Crippen LogP contribution in [-0.2, 0) is 10.0 Å². The lowest BCUT2D eigenvalue weighted by atomic mass is 10.2. The molecular formula is C16H23ClN4O3S2. The van der Waals surface area contributed by atoms with Gasteiger partial charge in [0.05, 0.1) is 5.02 Å². The van der Waals surface area contributed by atoms with Crippen molar-refractivity contribution in [2.45, 2.75) is 31.1 Å². The topological polar surface area (TPSA) is 99.3 Å². The van der Waals surface area contributed by atoms with Crippen molar-refractivity contribution in [2.75, 3.05) is 13.1 Å². The predicted octanol–water partition coefficient (Wildman–Crippen LogP) is 2.10. The van der Waals surface area contributed by atoms with Gasteiger partial charge in [-0.15, -0.1) is 6.58 Å². The lowest BCUT2D eigenvalue weighted by molar-refractivity contribution is 0.0943. The van der Waals surface area contributed by atoms with Gasteiger partial charge >= 0.3 is 0 Å². The Morgan fingerprint density at radius 2 is 2.04 bits per heavy atom.